The van der Waals surface area contributed by atoms with Crippen LogP contribution in [0.1, 0.15) is 13.8 Å². The lowest BCUT2D eigenvalue weighted by atomic mass is 10.1. The van der Waals surface area contributed by atoms with Crippen molar-refractivity contribution in [1.29, 1.82) is 0 Å². The lowest BCUT2D eigenvalue weighted by Crippen LogP contribution is -2.45. The number of halogens is 2. The van der Waals surface area contributed by atoms with Gasteiger partial charge in [0.1, 0.15) is 5.82 Å². The van der Waals surface area contributed by atoms with Gasteiger partial charge in [-0.25, -0.2) is 4.39 Å². The minimum absolute atomic E-state index is 0. The smallest absolute Gasteiger partial charge is 0.243 e. The van der Waals surface area contributed by atoms with Gasteiger partial charge in [-0.05, 0) is 38.1 Å². The first-order chi connectivity index (χ1) is 6.39. The third-order valence-corrected chi connectivity index (χ3v) is 1.69. The SMILES string of the molecule is CC(C)(N)C(=O)Nc1ccc(F)cc1.Cl. The maximum atomic E-state index is 12.5. The van der Waals surface area contributed by atoms with Crippen molar-refractivity contribution in [3.8, 4) is 0 Å². The van der Waals surface area contributed by atoms with Gasteiger partial charge in [0, 0.05) is 5.69 Å². The molecule has 3 nitrogen and oxygen atoms in total. The Morgan fingerprint density at radius 1 is 1.33 bits per heavy atom. The molecule has 15 heavy (non-hydrogen) atoms. The van der Waals surface area contributed by atoms with Crippen molar-refractivity contribution in [2.45, 2.75) is 19.4 Å². The number of hydrogen-bond donors (Lipinski definition) is 2. The molecule has 0 saturated carbocycles. The van der Waals surface area contributed by atoms with Gasteiger partial charge in [-0.1, -0.05) is 0 Å². The highest BCUT2D eigenvalue weighted by molar-refractivity contribution is 5.97. The number of benzene rings is 1. The van der Waals surface area contributed by atoms with Crippen LogP contribution in [0.3, 0.4) is 0 Å². The predicted octanol–water partition coefficient (Wildman–Crippen LogP) is 1.92. The Kier molecular flexibility index (Phi) is 4.71. The molecular formula is C10H14ClFN2O. The molecule has 0 fully saturated rings. The fourth-order valence-corrected chi connectivity index (χ4v) is 0.825. The van der Waals surface area contributed by atoms with Crippen LogP contribution in [-0.4, -0.2) is 11.4 Å². The van der Waals surface area contributed by atoms with Crippen molar-refractivity contribution in [1.82, 2.24) is 0 Å². The van der Waals surface area contributed by atoms with Crippen LogP contribution in [0.25, 0.3) is 0 Å². The second-order valence-electron chi connectivity index (χ2n) is 3.68. The Hall–Kier alpha value is -1.13. The first kappa shape index (κ1) is 13.9. The van der Waals surface area contributed by atoms with E-state index in [1.54, 1.807) is 13.8 Å². The fourth-order valence-electron chi connectivity index (χ4n) is 0.825. The van der Waals surface area contributed by atoms with Crippen LogP contribution in [0.2, 0.25) is 0 Å². The van der Waals surface area contributed by atoms with Gasteiger partial charge in [0.25, 0.3) is 0 Å². The second-order valence-corrected chi connectivity index (χ2v) is 3.68. The number of amides is 1. The molecule has 0 aromatic heterocycles. The third-order valence-electron chi connectivity index (χ3n) is 1.69. The summed E-state index contributed by atoms with van der Waals surface area (Å²) < 4.78 is 12.5. The van der Waals surface area contributed by atoms with Crippen LogP contribution in [-0.2, 0) is 4.79 Å². The third kappa shape index (κ3) is 4.27. The lowest BCUT2D eigenvalue weighted by Gasteiger charge is -2.17. The molecule has 1 amide bonds. The van der Waals surface area contributed by atoms with Crippen LogP contribution in [0.15, 0.2) is 24.3 Å². The first-order valence-electron chi connectivity index (χ1n) is 4.25. The van der Waals surface area contributed by atoms with Crippen molar-refractivity contribution in [3.63, 3.8) is 0 Å². The van der Waals surface area contributed by atoms with Crippen molar-refractivity contribution in [3.05, 3.63) is 30.1 Å². The van der Waals surface area contributed by atoms with Crippen molar-refractivity contribution < 1.29 is 9.18 Å². The van der Waals surface area contributed by atoms with Gasteiger partial charge in [0.2, 0.25) is 5.91 Å². The van der Waals surface area contributed by atoms with Crippen LogP contribution >= 0.6 is 12.4 Å². The molecule has 0 atom stereocenters. The molecular weight excluding hydrogens is 219 g/mol. The summed E-state index contributed by atoms with van der Waals surface area (Å²) in [6.07, 6.45) is 0. The maximum Gasteiger partial charge on any atom is 0.243 e. The molecule has 0 unspecified atom stereocenters. The number of anilines is 1. The summed E-state index contributed by atoms with van der Waals surface area (Å²) in [5, 5.41) is 2.58. The topological polar surface area (TPSA) is 55.1 Å². The molecule has 5 heteroatoms. The monoisotopic (exact) mass is 232 g/mol. The Labute approximate surface area is 94.3 Å². The Bertz CT molecular complexity index is 332. The lowest BCUT2D eigenvalue weighted by molar-refractivity contribution is -0.120. The quantitative estimate of drug-likeness (QED) is 0.819. The van der Waals surface area contributed by atoms with E-state index in [1.807, 2.05) is 0 Å². The summed E-state index contributed by atoms with van der Waals surface area (Å²) in [5.74, 6) is -0.640. The zero-order valence-corrected chi connectivity index (χ0v) is 9.40. The largest absolute Gasteiger partial charge is 0.325 e. The number of rotatable bonds is 2. The normalized spacial score (nSPS) is 10.4. The number of nitrogens with one attached hydrogen (secondary N) is 1. The number of carbonyl (C=O) groups is 1. The summed E-state index contributed by atoms with van der Waals surface area (Å²) in [6, 6.07) is 5.52. The minimum atomic E-state index is -0.936. The molecule has 0 radical (unpaired) electrons. The number of hydrogen-bond acceptors (Lipinski definition) is 2. The van der Waals surface area contributed by atoms with Gasteiger partial charge in [-0.15, -0.1) is 12.4 Å². The maximum absolute atomic E-state index is 12.5. The summed E-state index contributed by atoms with van der Waals surface area (Å²) in [7, 11) is 0. The van der Waals surface area contributed by atoms with Crippen molar-refractivity contribution >= 4 is 24.0 Å². The molecule has 0 spiro atoms. The molecule has 84 valence electrons. The van der Waals surface area contributed by atoms with Gasteiger partial charge >= 0.3 is 0 Å². The number of nitrogens with two attached hydrogens (primary N) is 1. The van der Waals surface area contributed by atoms with E-state index >= 15 is 0 Å². The van der Waals surface area contributed by atoms with Gasteiger partial charge in [-0.3, -0.25) is 4.79 Å². The highest BCUT2D eigenvalue weighted by Crippen LogP contribution is 2.10. The van der Waals surface area contributed by atoms with E-state index in [0.717, 1.165) is 0 Å². The minimum Gasteiger partial charge on any atom is -0.325 e. The number of carbonyl (C=O) groups excluding carboxylic acids is 1. The molecule has 1 aromatic carbocycles. The molecule has 0 aliphatic carbocycles. The van der Waals surface area contributed by atoms with Crippen molar-refractivity contribution in [2.75, 3.05) is 5.32 Å². The summed E-state index contributed by atoms with van der Waals surface area (Å²) in [5.41, 5.74) is 5.17. The molecule has 0 bridgehead atoms. The Morgan fingerprint density at radius 2 is 1.80 bits per heavy atom. The fraction of sp³-hybridized carbons (Fsp3) is 0.300. The van der Waals surface area contributed by atoms with Crippen LogP contribution < -0.4 is 11.1 Å². The van der Waals surface area contributed by atoms with Crippen molar-refractivity contribution in [2.24, 2.45) is 5.73 Å². The predicted molar refractivity (Wildman–Crippen MR) is 60.5 cm³/mol. The molecule has 0 aliphatic rings. The van der Waals surface area contributed by atoms with Gasteiger partial charge in [-0.2, -0.15) is 0 Å². The summed E-state index contributed by atoms with van der Waals surface area (Å²) in [4.78, 5) is 11.4. The highest BCUT2D eigenvalue weighted by Gasteiger charge is 2.21. The Morgan fingerprint density at radius 3 is 2.20 bits per heavy atom. The Balaban J connectivity index is 0.00000196. The van der Waals surface area contributed by atoms with E-state index < -0.39 is 5.54 Å². The molecule has 1 rings (SSSR count). The van der Waals surface area contributed by atoms with E-state index in [1.165, 1.54) is 24.3 Å². The van der Waals surface area contributed by atoms with Gasteiger partial charge in [0.05, 0.1) is 5.54 Å². The van der Waals surface area contributed by atoms with E-state index in [-0.39, 0.29) is 24.1 Å². The van der Waals surface area contributed by atoms with E-state index in [9.17, 15) is 9.18 Å². The van der Waals surface area contributed by atoms with E-state index in [4.69, 9.17) is 5.73 Å². The molecule has 3 N–H and O–H groups in total. The average molecular weight is 233 g/mol. The zero-order chi connectivity index (χ0) is 10.8. The van der Waals surface area contributed by atoms with Gasteiger partial charge < -0.3 is 11.1 Å². The summed E-state index contributed by atoms with van der Waals surface area (Å²) >= 11 is 0. The van der Waals surface area contributed by atoms with Crippen LogP contribution in [0, 0.1) is 5.82 Å². The first-order valence-corrected chi connectivity index (χ1v) is 4.25. The molecule has 0 saturated heterocycles. The molecule has 1 aromatic rings. The van der Waals surface area contributed by atoms with E-state index in [2.05, 4.69) is 5.32 Å². The summed E-state index contributed by atoms with van der Waals surface area (Å²) in [6.45, 7) is 3.21. The van der Waals surface area contributed by atoms with E-state index in [0.29, 0.717) is 5.69 Å². The average Bonchev–Trinajstić information content (AvgIpc) is 2.07. The zero-order valence-electron chi connectivity index (χ0n) is 8.58. The van der Waals surface area contributed by atoms with Crippen LogP contribution in [0.5, 0.6) is 0 Å². The van der Waals surface area contributed by atoms with Crippen LogP contribution in [0.4, 0.5) is 10.1 Å². The second kappa shape index (κ2) is 5.09. The van der Waals surface area contributed by atoms with Gasteiger partial charge in [0.15, 0.2) is 0 Å². The molecule has 0 heterocycles. The highest BCUT2D eigenvalue weighted by atomic mass is 35.5. The molecule has 0 aliphatic heterocycles. The standard InChI is InChI=1S/C10H13FN2O.ClH/c1-10(2,12)9(14)13-8-5-3-7(11)4-6-8;/h3-6H,12H2,1-2H3,(H,13,14);1H.